The normalized spacial score (nSPS) is 27.4. The molecule has 1 aliphatic carbocycles. The monoisotopic (exact) mass is 198 g/mol. The van der Waals surface area contributed by atoms with E-state index in [1.165, 1.54) is 45.2 Å². The summed E-state index contributed by atoms with van der Waals surface area (Å²) in [5.41, 5.74) is 0. The van der Waals surface area contributed by atoms with Gasteiger partial charge in [-0.3, -0.25) is 0 Å². The molecule has 1 fully saturated rings. The van der Waals surface area contributed by atoms with Gasteiger partial charge in [-0.15, -0.1) is 0 Å². The van der Waals surface area contributed by atoms with E-state index in [9.17, 15) is 0 Å². The highest BCUT2D eigenvalue weighted by Gasteiger charge is 2.24. The summed E-state index contributed by atoms with van der Waals surface area (Å²) >= 11 is 0. The second-order valence-corrected chi connectivity index (χ2v) is 4.82. The first-order chi connectivity index (χ1) is 6.74. The van der Waals surface area contributed by atoms with Crippen LogP contribution >= 0.6 is 0 Å². The van der Waals surface area contributed by atoms with Gasteiger partial charge in [0.15, 0.2) is 0 Å². The SMILES string of the molecule is CCC1CCCC1NCCCN(C)C. The molecule has 1 rings (SSSR count). The minimum Gasteiger partial charge on any atom is -0.314 e. The molecule has 0 spiro atoms. The lowest BCUT2D eigenvalue weighted by Crippen LogP contribution is -2.34. The van der Waals surface area contributed by atoms with E-state index in [1.54, 1.807) is 0 Å². The van der Waals surface area contributed by atoms with Crippen molar-refractivity contribution < 1.29 is 0 Å². The van der Waals surface area contributed by atoms with E-state index in [-0.39, 0.29) is 0 Å². The van der Waals surface area contributed by atoms with Crippen LogP contribution in [0.25, 0.3) is 0 Å². The number of hydrogen-bond donors (Lipinski definition) is 1. The second kappa shape index (κ2) is 6.41. The molecule has 1 saturated carbocycles. The molecule has 0 radical (unpaired) electrons. The number of nitrogens with zero attached hydrogens (tertiary/aromatic N) is 1. The van der Waals surface area contributed by atoms with Crippen LogP contribution in [0.1, 0.15) is 39.0 Å². The zero-order chi connectivity index (χ0) is 10.4. The van der Waals surface area contributed by atoms with E-state index < -0.39 is 0 Å². The predicted molar refractivity (Wildman–Crippen MR) is 62.6 cm³/mol. The molecule has 0 aromatic heterocycles. The topological polar surface area (TPSA) is 15.3 Å². The van der Waals surface area contributed by atoms with Crippen LogP contribution in [0.2, 0.25) is 0 Å². The Labute approximate surface area is 89.1 Å². The summed E-state index contributed by atoms with van der Waals surface area (Å²) in [5, 5.41) is 3.71. The molecule has 84 valence electrons. The van der Waals surface area contributed by atoms with Gasteiger partial charge < -0.3 is 10.2 Å². The average Bonchev–Trinajstić information content (AvgIpc) is 2.59. The number of hydrogen-bond acceptors (Lipinski definition) is 2. The minimum atomic E-state index is 0.821. The van der Waals surface area contributed by atoms with Gasteiger partial charge in [-0.1, -0.05) is 19.8 Å². The van der Waals surface area contributed by atoms with E-state index >= 15 is 0 Å². The van der Waals surface area contributed by atoms with Crippen molar-refractivity contribution in [2.75, 3.05) is 27.2 Å². The lowest BCUT2D eigenvalue weighted by Gasteiger charge is -2.20. The number of nitrogens with one attached hydrogen (secondary N) is 1. The standard InChI is InChI=1S/C12H26N2/c1-4-11-7-5-8-12(11)13-9-6-10-14(2)3/h11-13H,4-10H2,1-3H3. The van der Waals surface area contributed by atoms with Crippen LogP contribution in [0, 0.1) is 5.92 Å². The van der Waals surface area contributed by atoms with Gasteiger partial charge in [-0.25, -0.2) is 0 Å². The van der Waals surface area contributed by atoms with Crippen molar-refractivity contribution in [3.05, 3.63) is 0 Å². The van der Waals surface area contributed by atoms with Crippen LogP contribution in [-0.4, -0.2) is 38.1 Å². The second-order valence-electron chi connectivity index (χ2n) is 4.82. The fraction of sp³-hybridized carbons (Fsp3) is 1.00. The van der Waals surface area contributed by atoms with E-state index in [0.29, 0.717) is 0 Å². The van der Waals surface area contributed by atoms with Gasteiger partial charge in [0.25, 0.3) is 0 Å². The molecule has 0 aromatic carbocycles. The first-order valence-electron chi connectivity index (χ1n) is 6.12. The maximum absolute atomic E-state index is 3.71. The molecule has 0 amide bonds. The van der Waals surface area contributed by atoms with E-state index in [4.69, 9.17) is 0 Å². The maximum Gasteiger partial charge on any atom is 0.00952 e. The van der Waals surface area contributed by atoms with Crippen LogP contribution in [0.15, 0.2) is 0 Å². The maximum atomic E-state index is 3.71. The van der Waals surface area contributed by atoms with Crippen LogP contribution in [-0.2, 0) is 0 Å². The third-order valence-corrected chi connectivity index (χ3v) is 3.37. The predicted octanol–water partition coefficient (Wildman–Crippen LogP) is 2.11. The van der Waals surface area contributed by atoms with Gasteiger partial charge in [0.1, 0.15) is 0 Å². The minimum absolute atomic E-state index is 0.821. The molecule has 1 aliphatic rings. The van der Waals surface area contributed by atoms with Crippen molar-refractivity contribution in [1.82, 2.24) is 10.2 Å². The van der Waals surface area contributed by atoms with E-state index in [1.807, 2.05) is 0 Å². The van der Waals surface area contributed by atoms with Crippen LogP contribution in [0.3, 0.4) is 0 Å². The molecule has 2 heteroatoms. The molecule has 0 bridgehead atoms. The fourth-order valence-electron chi connectivity index (χ4n) is 2.48. The van der Waals surface area contributed by atoms with Crippen LogP contribution < -0.4 is 5.32 Å². The first-order valence-corrected chi connectivity index (χ1v) is 6.12. The Bertz CT molecular complexity index is 145. The molecule has 2 nitrogen and oxygen atoms in total. The highest BCUT2D eigenvalue weighted by Crippen LogP contribution is 2.27. The number of rotatable bonds is 6. The van der Waals surface area contributed by atoms with Gasteiger partial charge in [0, 0.05) is 6.04 Å². The van der Waals surface area contributed by atoms with Crippen molar-refractivity contribution in [2.24, 2.45) is 5.92 Å². The van der Waals surface area contributed by atoms with Crippen molar-refractivity contribution in [3.63, 3.8) is 0 Å². The van der Waals surface area contributed by atoms with Gasteiger partial charge in [0.2, 0.25) is 0 Å². The Kier molecular flexibility index (Phi) is 5.49. The molecule has 2 unspecified atom stereocenters. The highest BCUT2D eigenvalue weighted by atomic mass is 15.1. The fourth-order valence-corrected chi connectivity index (χ4v) is 2.48. The third kappa shape index (κ3) is 3.97. The molecule has 2 atom stereocenters. The Balaban J connectivity index is 2.05. The Morgan fingerprint density at radius 2 is 2.07 bits per heavy atom. The summed E-state index contributed by atoms with van der Waals surface area (Å²) in [7, 11) is 4.29. The average molecular weight is 198 g/mol. The van der Waals surface area contributed by atoms with Crippen LogP contribution in [0.4, 0.5) is 0 Å². The summed E-state index contributed by atoms with van der Waals surface area (Å²) in [6.07, 6.45) is 6.91. The zero-order valence-corrected chi connectivity index (χ0v) is 10.1. The summed E-state index contributed by atoms with van der Waals surface area (Å²) in [6, 6.07) is 0.821. The van der Waals surface area contributed by atoms with E-state index in [0.717, 1.165) is 12.0 Å². The van der Waals surface area contributed by atoms with Gasteiger partial charge in [0.05, 0.1) is 0 Å². The molecule has 0 heterocycles. The molecular formula is C12H26N2. The quantitative estimate of drug-likeness (QED) is 0.658. The lowest BCUT2D eigenvalue weighted by atomic mass is 10.0. The molecule has 0 saturated heterocycles. The summed E-state index contributed by atoms with van der Waals surface area (Å²) in [6.45, 7) is 4.72. The summed E-state index contributed by atoms with van der Waals surface area (Å²) in [5.74, 6) is 0.953. The summed E-state index contributed by atoms with van der Waals surface area (Å²) in [4.78, 5) is 2.26. The zero-order valence-electron chi connectivity index (χ0n) is 10.1. The first kappa shape index (κ1) is 12.0. The Morgan fingerprint density at radius 1 is 1.29 bits per heavy atom. The van der Waals surface area contributed by atoms with Crippen LogP contribution in [0.5, 0.6) is 0 Å². The van der Waals surface area contributed by atoms with Gasteiger partial charge in [-0.2, -0.15) is 0 Å². The van der Waals surface area contributed by atoms with Crippen molar-refractivity contribution in [1.29, 1.82) is 0 Å². The lowest BCUT2D eigenvalue weighted by molar-refractivity contribution is 0.358. The Morgan fingerprint density at radius 3 is 2.71 bits per heavy atom. The van der Waals surface area contributed by atoms with Crippen molar-refractivity contribution in [3.8, 4) is 0 Å². The molecule has 0 aliphatic heterocycles. The van der Waals surface area contributed by atoms with Gasteiger partial charge in [-0.05, 0) is 52.4 Å². The third-order valence-electron chi connectivity index (χ3n) is 3.37. The van der Waals surface area contributed by atoms with E-state index in [2.05, 4.69) is 31.2 Å². The van der Waals surface area contributed by atoms with Gasteiger partial charge >= 0.3 is 0 Å². The highest BCUT2D eigenvalue weighted by molar-refractivity contribution is 4.81. The Hall–Kier alpha value is -0.0800. The van der Waals surface area contributed by atoms with Crippen molar-refractivity contribution in [2.45, 2.75) is 45.1 Å². The molecule has 0 aromatic rings. The largest absolute Gasteiger partial charge is 0.314 e. The molecule has 1 N–H and O–H groups in total. The van der Waals surface area contributed by atoms with Crippen molar-refractivity contribution >= 4 is 0 Å². The smallest absolute Gasteiger partial charge is 0.00952 e. The molecule has 14 heavy (non-hydrogen) atoms. The summed E-state index contributed by atoms with van der Waals surface area (Å²) < 4.78 is 0. The molecular weight excluding hydrogens is 172 g/mol.